The number of nitrogens with one attached hydrogen (secondary N) is 3. The summed E-state index contributed by atoms with van der Waals surface area (Å²) < 4.78 is 0. The Morgan fingerprint density at radius 3 is 3.04 bits per heavy atom. The quantitative estimate of drug-likeness (QED) is 0.766. The Hall–Kier alpha value is -2.64. The van der Waals surface area contributed by atoms with Crippen LogP contribution in [-0.2, 0) is 0 Å². The van der Waals surface area contributed by atoms with Crippen molar-refractivity contribution in [1.82, 2.24) is 25.5 Å². The van der Waals surface area contributed by atoms with Crippen molar-refractivity contribution in [3.8, 4) is 0 Å². The smallest absolute Gasteiger partial charge is 0.319 e. The number of aromatic nitrogens is 4. The number of piperidine rings is 1. The maximum absolute atomic E-state index is 11.8. The molecular formula is C18H25N7O. The van der Waals surface area contributed by atoms with Crippen molar-refractivity contribution >= 4 is 17.5 Å². The summed E-state index contributed by atoms with van der Waals surface area (Å²) in [6.45, 7) is 4.33. The molecule has 8 heteroatoms. The fraction of sp³-hybridized carbons (Fsp3) is 0.556. The monoisotopic (exact) mass is 355 g/mol. The van der Waals surface area contributed by atoms with Crippen LogP contribution < -0.4 is 15.5 Å². The van der Waals surface area contributed by atoms with Gasteiger partial charge >= 0.3 is 6.03 Å². The van der Waals surface area contributed by atoms with E-state index in [1.165, 1.54) is 12.8 Å². The molecule has 2 fully saturated rings. The summed E-state index contributed by atoms with van der Waals surface area (Å²) in [6, 6.07) is 1.79. The lowest BCUT2D eigenvalue weighted by Crippen LogP contribution is -2.36. The maximum atomic E-state index is 11.8. The normalized spacial score (nSPS) is 20.0. The Bertz CT molecular complexity index is 770. The second-order valence-electron chi connectivity index (χ2n) is 7.01. The molecule has 0 radical (unpaired) electrons. The number of anilines is 2. The molecule has 0 spiro atoms. The molecule has 138 valence electrons. The van der Waals surface area contributed by atoms with E-state index < -0.39 is 0 Å². The lowest BCUT2D eigenvalue weighted by molar-refractivity contribution is 0.252. The Morgan fingerprint density at radius 1 is 1.35 bits per heavy atom. The number of nitrogens with zero attached hydrogens (tertiary/aromatic N) is 4. The van der Waals surface area contributed by atoms with Crippen molar-refractivity contribution in [2.45, 2.75) is 44.4 Å². The van der Waals surface area contributed by atoms with Crippen LogP contribution in [0.3, 0.4) is 0 Å². The minimum atomic E-state index is -0.201. The third kappa shape index (κ3) is 3.63. The summed E-state index contributed by atoms with van der Waals surface area (Å²) in [7, 11) is 0. The van der Waals surface area contributed by atoms with Gasteiger partial charge in [0.1, 0.15) is 11.6 Å². The summed E-state index contributed by atoms with van der Waals surface area (Å²) in [5, 5.41) is 12.9. The van der Waals surface area contributed by atoms with Crippen LogP contribution in [0.5, 0.6) is 0 Å². The van der Waals surface area contributed by atoms with Crippen molar-refractivity contribution in [1.29, 1.82) is 0 Å². The van der Waals surface area contributed by atoms with Gasteiger partial charge in [0.25, 0.3) is 0 Å². The minimum Gasteiger partial charge on any atom is -0.356 e. The number of hydrogen-bond donors (Lipinski definition) is 3. The van der Waals surface area contributed by atoms with Crippen molar-refractivity contribution in [2.75, 3.05) is 29.9 Å². The molecule has 4 rings (SSSR count). The topological polar surface area (TPSA) is 98.8 Å². The van der Waals surface area contributed by atoms with Gasteiger partial charge < -0.3 is 15.5 Å². The number of urea groups is 1. The van der Waals surface area contributed by atoms with E-state index in [0.717, 1.165) is 49.0 Å². The molecule has 0 unspecified atom stereocenters. The van der Waals surface area contributed by atoms with E-state index in [0.29, 0.717) is 12.5 Å². The number of carbonyl (C=O) groups is 1. The molecule has 2 aromatic rings. The maximum Gasteiger partial charge on any atom is 0.319 e. The number of hydrogen-bond acceptors (Lipinski definition) is 5. The first-order chi connectivity index (χ1) is 12.7. The second kappa shape index (κ2) is 7.31. The molecule has 3 N–H and O–H groups in total. The van der Waals surface area contributed by atoms with E-state index in [4.69, 9.17) is 4.98 Å². The van der Waals surface area contributed by atoms with Gasteiger partial charge in [0.15, 0.2) is 0 Å². The van der Waals surface area contributed by atoms with Gasteiger partial charge in [-0.2, -0.15) is 5.10 Å². The fourth-order valence-electron chi connectivity index (χ4n) is 3.53. The van der Waals surface area contributed by atoms with E-state index >= 15 is 0 Å². The third-order valence-corrected chi connectivity index (χ3v) is 5.01. The Labute approximate surface area is 152 Å². The standard InChI is InChI=1S/C18H25N7O/c1-2-19-18(26)22-14-10-21-24-16(14)13-4-3-9-25(11-13)15-7-8-20-17(23-15)12-5-6-12/h7-8,10,12-13H,2-6,9,11H2,1H3,(H,21,24)(H2,19,22,26)/t13-/m0/s1. The first kappa shape index (κ1) is 16.8. The van der Waals surface area contributed by atoms with Crippen LogP contribution in [0.4, 0.5) is 16.3 Å². The number of carbonyl (C=O) groups excluding carboxylic acids is 1. The molecule has 8 nitrogen and oxygen atoms in total. The summed E-state index contributed by atoms with van der Waals surface area (Å²) in [5.41, 5.74) is 1.74. The summed E-state index contributed by atoms with van der Waals surface area (Å²) in [4.78, 5) is 23.4. The summed E-state index contributed by atoms with van der Waals surface area (Å²) in [6.07, 6.45) is 8.10. The van der Waals surface area contributed by atoms with E-state index in [1.807, 2.05) is 19.2 Å². The van der Waals surface area contributed by atoms with Crippen molar-refractivity contribution in [3.05, 3.63) is 30.0 Å². The van der Waals surface area contributed by atoms with Crippen LogP contribution in [0.1, 0.15) is 56.0 Å². The molecule has 1 saturated carbocycles. The van der Waals surface area contributed by atoms with Gasteiger partial charge in [-0.3, -0.25) is 5.10 Å². The van der Waals surface area contributed by atoms with E-state index in [-0.39, 0.29) is 11.9 Å². The zero-order valence-electron chi connectivity index (χ0n) is 15.0. The molecule has 0 aromatic carbocycles. The van der Waals surface area contributed by atoms with E-state index in [9.17, 15) is 4.79 Å². The molecule has 2 aliphatic rings. The third-order valence-electron chi connectivity index (χ3n) is 5.01. The average molecular weight is 355 g/mol. The molecule has 3 heterocycles. The molecule has 1 saturated heterocycles. The molecule has 0 bridgehead atoms. The Morgan fingerprint density at radius 2 is 2.23 bits per heavy atom. The molecule has 1 aliphatic heterocycles. The average Bonchev–Trinajstić information content (AvgIpc) is 3.42. The van der Waals surface area contributed by atoms with Gasteiger partial charge in [-0.05, 0) is 38.7 Å². The fourth-order valence-corrected chi connectivity index (χ4v) is 3.53. The van der Waals surface area contributed by atoms with E-state index in [1.54, 1.807) is 6.20 Å². The predicted octanol–water partition coefficient (Wildman–Crippen LogP) is 2.60. The first-order valence-corrected chi connectivity index (χ1v) is 9.40. The predicted molar refractivity (Wildman–Crippen MR) is 99.5 cm³/mol. The van der Waals surface area contributed by atoms with Crippen LogP contribution in [0.15, 0.2) is 18.5 Å². The van der Waals surface area contributed by atoms with Crippen LogP contribution in [0.2, 0.25) is 0 Å². The van der Waals surface area contributed by atoms with Gasteiger partial charge in [-0.15, -0.1) is 0 Å². The highest BCUT2D eigenvalue weighted by Gasteiger charge is 2.29. The van der Waals surface area contributed by atoms with Gasteiger partial charge in [0.05, 0.1) is 17.6 Å². The largest absolute Gasteiger partial charge is 0.356 e. The van der Waals surface area contributed by atoms with Crippen LogP contribution in [-0.4, -0.2) is 45.8 Å². The highest BCUT2D eigenvalue weighted by atomic mass is 16.2. The van der Waals surface area contributed by atoms with Crippen LogP contribution in [0, 0.1) is 0 Å². The minimum absolute atomic E-state index is 0.201. The molecule has 2 aromatic heterocycles. The number of aromatic amines is 1. The highest BCUT2D eigenvalue weighted by molar-refractivity contribution is 5.89. The van der Waals surface area contributed by atoms with Gasteiger partial charge in [0.2, 0.25) is 0 Å². The van der Waals surface area contributed by atoms with Crippen molar-refractivity contribution in [3.63, 3.8) is 0 Å². The zero-order valence-corrected chi connectivity index (χ0v) is 15.0. The molecule has 26 heavy (non-hydrogen) atoms. The molecular weight excluding hydrogens is 330 g/mol. The lowest BCUT2D eigenvalue weighted by atomic mass is 9.94. The van der Waals surface area contributed by atoms with Gasteiger partial charge in [-0.25, -0.2) is 14.8 Å². The summed E-state index contributed by atoms with van der Waals surface area (Å²) >= 11 is 0. The SMILES string of the molecule is CCNC(=O)Nc1cn[nH]c1[C@H]1CCCN(c2ccnc(C3CC3)n2)C1. The highest BCUT2D eigenvalue weighted by Crippen LogP contribution is 2.39. The van der Waals surface area contributed by atoms with Crippen LogP contribution >= 0.6 is 0 Å². The Balaban J connectivity index is 1.48. The molecule has 1 aliphatic carbocycles. The lowest BCUT2D eigenvalue weighted by Gasteiger charge is -2.33. The Kier molecular flexibility index (Phi) is 4.73. The van der Waals surface area contributed by atoms with Crippen LogP contribution in [0.25, 0.3) is 0 Å². The van der Waals surface area contributed by atoms with Gasteiger partial charge in [0, 0.05) is 37.7 Å². The molecule has 1 atom stereocenters. The first-order valence-electron chi connectivity index (χ1n) is 9.40. The van der Waals surface area contributed by atoms with Gasteiger partial charge in [-0.1, -0.05) is 0 Å². The van der Waals surface area contributed by atoms with Crippen molar-refractivity contribution < 1.29 is 4.79 Å². The van der Waals surface area contributed by atoms with Crippen molar-refractivity contribution in [2.24, 2.45) is 0 Å². The molecule has 2 amide bonds. The number of amides is 2. The second-order valence-corrected chi connectivity index (χ2v) is 7.01. The zero-order chi connectivity index (χ0) is 17.9. The number of rotatable bonds is 5. The summed E-state index contributed by atoms with van der Waals surface area (Å²) in [5.74, 6) is 2.81. The number of H-pyrrole nitrogens is 1. The van der Waals surface area contributed by atoms with E-state index in [2.05, 4.69) is 30.7 Å².